The summed E-state index contributed by atoms with van der Waals surface area (Å²) >= 11 is 0. The molecule has 2 rings (SSSR count). The monoisotopic (exact) mass is 286 g/mol. The summed E-state index contributed by atoms with van der Waals surface area (Å²) in [6.45, 7) is 4.61. The molecule has 1 unspecified atom stereocenters. The molecule has 1 aromatic carbocycles. The summed E-state index contributed by atoms with van der Waals surface area (Å²) in [7, 11) is 0. The molecule has 0 bridgehead atoms. The Balaban J connectivity index is 2.26. The Morgan fingerprint density at radius 2 is 1.95 bits per heavy atom. The van der Waals surface area contributed by atoms with Gasteiger partial charge in [-0.15, -0.1) is 0 Å². The van der Waals surface area contributed by atoms with Crippen LogP contribution in [0.4, 0.5) is 5.82 Å². The number of nitrogens with one attached hydrogen (secondary N) is 1. The van der Waals surface area contributed by atoms with Gasteiger partial charge in [0.2, 0.25) is 0 Å². The number of aliphatic hydroxyl groups excluding tert-OH is 1. The molecule has 0 fully saturated rings. The van der Waals surface area contributed by atoms with E-state index in [1.165, 1.54) is 0 Å². The van der Waals surface area contributed by atoms with E-state index in [4.69, 9.17) is 4.74 Å². The van der Waals surface area contributed by atoms with Crippen LogP contribution in [0.3, 0.4) is 0 Å². The Labute approximate surface area is 125 Å². The standard InChI is InChI=1S/C17H22N2O2/c1-3-12-21-15-10-7-11-18-16(15)19-17(2,13-20)14-8-5-4-6-9-14/h4-11,20H,3,12-13H2,1-2H3,(H,18,19). The van der Waals surface area contributed by atoms with Gasteiger partial charge < -0.3 is 15.2 Å². The number of aliphatic hydroxyl groups is 1. The van der Waals surface area contributed by atoms with Crippen molar-refractivity contribution in [1.29, 1.82) is 0 Å². The Morgan fingerprint density at radius 3 is 2.62 bits per heavy atom. The predicted octanol–water partition coefficient (Wildman–Crippen LogP) is 3.19. The average Bonchev–Trinajstić information content (AvgIpc) is 2.55. The quantitative estimate of drug-likeness (QED) is 0.820. The zero-order chi connectivity index (χ0) is 15.1. The van der Waals surface area contributed by atoms with Crippen molar-refractivity contribution >= 4 is 5.82 Å². The lowest BCUT2D eigenvalue weighted by atomic mass is 9.93. The van der Waals surface area contributed by atoms with Gasteiger partial charge in [0.25, 0.3) is 0 Å². The van der Waals surface area contributed by atoms with Crippen molar-refractivity contribution in [2.75, 3.05) is 18.5 Å². The zero-order valence-electron chi connectivity index (χ0n) is 12.5. The summed E-state index contributed by atoms with van der Waals surface area (Å²) in [4.78, 5) is 4.34. The molecule has 0 radical (unpaired) electrons. The van der Waals surface area contributed by atoms with E-state index in [-0.39, 0.29) is 6.61 Å². The molecule has 0 spiro atoms. The van der Waals surface area contributed by atoms with Crippen LogP contribution < -0.4 is 10.1 Å². The van der Waals surface area contributed by atoms with E-state index in [2.05, 4.69) is 17.2 Å². The highest BCUT2D eigenvalue weighted by atomic mass is 16.5. The summed E-state index contributed by atoms with van der Waals surface area (Å²) in [5, 5.41) is 13.1. The van der Waals surface area contributed by atoms with Gasteiger partial charge in [0.15, 0.2) is 11.6 Å². The van der Waals surface area contributed by atoms with Crippen LogP contribution in [-0.4, -0.2) is 23.3 Å². The molecule has 1 aromatic heterocycles. The van der Waals surface area contributed by atoms with Crippen LogP contribution in [0.25, 0.3) is 0 Å². The minimum absolute atomic E-state index is 0.0409. The van der Waals surface area contributed by atoms with E-state index in [0.717, 1.165) is 12.0 Å². The van der Waals surface area contributed by atoms with E-state index in [0.29, 0.717) is 18.2 Å². The molecule has 112 valence electrons. The molecule has 2 N–H and O–H groups in total. The molecule has 0 aliphatic rings. The van der Waals surface area contributed by atoms with Crippen molar-refractivity contribution in [2.24, 2.45) is 0 Å². The fourth-order valence-corrected chi connectivity index (χ4v) is 2.08. The number of pyridine rings is 1. The topological polar surface area (TPSA) is 54.4 Å². The molecule has 1 atom stereocenters. The number of hydrogen-bond acceptors (Lipinski definition) is 4. The van der Waals surface area contributed by atoms with Crippen molar-refractivity contribution in [2.45, 2.75) is 25.8 Å². The van der Waals surface area contributed by atoms with Crippen LogP contribution in [0, 0.1) is 0 Å². The smallest absolute Gasteiger partial charge is 0.169 e. The normalized spacial score (nSPS) is 13.5. The molecule has 0 aliphatic heterocycles. The van der Waals surface area contributed by atoms with Gasteiger partial charge in [0, 0.05) is 6.20 Å². The molecule has 0 saturated carbocycles. The second-order valence-corrected chi connectivity index (χ2v) is 5.18. The second kappa shape index (κ2) is 7.09. The number of anilines is 1. The van der Waals surface area contributed by atoms with Gasteiger partial charge in [-0.3, -0.25) is 0 Å². The van der Waals surface area contributed by atoms with E-state index in [1.54, 1.807) is 6.20 Å². The molecular weight excluding hydrogens is 264 g/mol. The highest BCUT2D eigenvalue weighted by molar-refractivity contribution is 5.52. The fraction of sp³-hybridized carbons (Fsp3) is 0.353. The van der Waals surface area contributed by atoms with E-state index < -0.39 is 5.54 Å². The fourth-order valence-electron chi connectivity index (χ4n) is 2.08. The highest BCUT2D eigenvalue weighted by Crippen LogP contribution is 2.29. The summed E-state index contributed by atoms with van der Waals surface area (Å²) in [6, 6.07) is 13.6. The molecule has 0 aliphatic carbocycles. The maximum absolute atomic E-state index is 9.84. The predicted molar refractivity (Wildman–Crippen MR) is 84.5 cm³/mol. The van der Waals surface area contributed by atoms with Crippen molar-refractivity contribution < 1.29 is 9.84 Å². The lowest BCUT2D eigenvalue weighted by molar-refractivity contribution is 0.223. The zero-order valence-corrected chi connectivity index (χ0v) is 12.5. The number of ether oxygens (including phenoxy) is 1. The Morgan fingerprint density at radius 1 is 1.19 bits per heavy atom. The van der Waals surface area contributed by atoms with E-state index in [9.17, 15) is 5.11 Å². The number of hydrogen-bond donors (Lipinski definition) is 2. The molecule has 4 heteroatoms. The van der Waals surface area contributed by atoms with Crippen molar-refractivity contribution in [1.82, 2.24) is 4.98 Å². The van der Waals surface area contributed by atoms with Crippen LogP contribution in [0.5, 0.6) is 5.75 Å². The van der Waals surface area contributed by atoms with Gasteiger partial charge in [-0.1, -0.05) is 37.3 Å². The molecule has 4 nitrogen and oxygen atoms in total. The number of benzene rings is 1. The van der Waals surface area contributed by atoms with E-state index in [1.807, 2.05) is 49.4 Å². The van der Waals surface area contributed by atoms with Crippen LogP contribution in [0.1, 0.15) is 25.8 Å². The van der Waals surface area contributed by atoms with Crippen LogP contribution in [-0.2, 0) is 5.54 Å². The van der Waals surface area contributed by atoms with Gasteiger partial charge in [-0.2, -0.15) is 0 Å². The Kier molecular flexibility index (Phi) is 5.17. The van der Waals surface area contributed by atoms with Gasteiger partial charge in [-0.05, 0) is 31.0 Å². The minimum Gasteiger partial charge on any atom is -0.490 e. The summed E-state index contributed by atoms with van der Waals surface area (Å²) < 4.78 is 5.71. The number of nitrogens with zero attached hydrogens (tertiary/aromatic N) is 1. The third-order valence-electron chi connectivity index (χ3n) is 3.35. The van der Waals surface area contributed by atoms with Crippen LogP contribution in [0.15, 0.2) is 48.7 Å². The first-order valence-electron chi connectivity index (χ1n) is 7.22. The summed E-state index contributed by atoms with van der Waals surface area (Å²) in [5.74, 6) is 1.35. The summed E-state index contributed by atoms with van der Waals surface area (Å²) in [5.41, 5.74) is 0.388. The Bertz CT molecular complexity index is 560. The third kappa shape index (κ3) is 3.73. The largest absolute Gasteiger partial charge is 0.490 e. The first-order valence-corrected chi connectivity index (χ1v) is 7.22. The van der Waals surface area contributed by atoms with Gasteiger partial charge in [0.05, 0.1) is 18.8 Å². The molecule has 21 heavy (non-hydrogen) atoms. The first kappa shape index (κ1) is 15.3. The highest BCUT2D eigenvalue weighted by Gasteiger charge is 2.27. The van der Waals surface area contributed by atoms with Crippen molar-refractivity contribution in [3.05, 3.63) is 54.2 Å². The molecule has 1 heterocycles. The van der Waals surface area contributed by atoms with Crippen LogP contribution in [0.2, 0.25) is 0 Å². The van der Waals surface area contributed by atoms with Crippen LogP contribution >= 0.6 is 0 Å². The SMILES string of the molecule is CCCOc1cccnc1NC(C)(CO)c1ccccc1. The average molecular weight is 286 g/mol. The molecule has 0 amide bonds. The van der Waals surface area contributed by atoms with E-state index >= 15 is 0 Å². The maximum Gasteiger partial charge on any atom is 0.169 e. The minimum atomic E-state index is -0.611. The summed E-state index contributed by atoms with van der Waals surface area (Å²) in [6.07, 6.45) is 2.65. The molecule has 0 saturated heterocycles. The molecular formula is C17H22N2O2. The molecule has 2 aromatic rings. The van der Waals surface area contributed by atoms with Gasteiger partial charge in [-0.25, -0.2) is 4.98 Å². The number of aromatic nitrogens is 1. The van der Waals surface area contributed by atoms with Crippen molar-refractivity contribution in [3.8, 4) is 5.75 Å². The van der Waals surface area contributed by atoms with Crippen molar-refractivity contribution in [3.63, 3.8) is 0 Å². The Hall–Kier alpha value is -2.07. The first-order chi connectivity index (χ1) is 10.2. The maximum atomic E-state index is 9.84. The second-order valence-electron chi connectivity index (χ2n) is 5.18. The number of rotatable bonds is 7. The lowest BCUT2D eigenvalue weighted by Gasteiger charge is -2.30. The third-order valence-corrected chi connectivity index (χ3v) is 3.35. The van der Waals surface area contributed by atoms with Gasteiger partial charge >= 0.3 is 0 Å². The lowest BCUT2D eigenvalue weighted by Crippen LogP contribution is -2.36. The van der Waals surface area contributed by atoms with Gasteiger partial charge in [0.1, 0.15) is 0 Å².